The number of anilines is 1. The molecule has 8 nitrogen and oxygen atoms in total. The summed E-state index contributed by atoms with van der Waals surface area (Å²) in [5, 5.41) is 11.6. The molecule has 0 bridgehead atoms. The van der Waals surface area contributed by atoms with Crippen molar-refractivity contribution in [3.8, 4) is 0 Å². The molecule has 32 heavy (non-hydrogen) atoms. The van der Waals surface area contributed by atoms with Gasteiger partial charge in [-0.1, -0.05) is 23.5 Å². The average molecular weight is 473 g/mol. The highest BCUT2D eigenvalue weighted by molar-refractivity contribution is 7.98. The van der Waals surface area contributed by atoms with E-state index in [1.165, 1.54) is 23.5 Å². The largest absolute Gasteiger partial charge is 0.379 e. The van der Waals surface area contributed by atoms with Gasteiger partial charge in [-0.25, -0.2) is 4.98 Å². The first-order chi connectivity index (χ1) is 15.5. The molecule has 0 atom stereocenters. The number of aromatic nitrogens is 1. The fourth-order valence-electron chi connectivity index (χ4n) is 3.53. The Morgan fingerprint density at radius 2 is 2.00 bits per heavy atom. The van der Waals surface area contributed by atoms with Gasteiger partial charge in [0.2, 0.25) is 5.91 Å². The molecule has 1 saturated heterocycles. The van der Waals surface area contributed by atoms with Crippen LogP contribution in [0.15, 0.2) is 47.4 Å². The number of carbonyl (C=O) groups excluding carboxylic acids is 1. The normalized spacial score (nSPS) is 14.5. The second-order valence-corrected chi connectivity index (χ2v) is 9.32. The lowest BCUT2D eigenvalue weighted by Crippen LogP contribution is -2.43. The van der Waals surface area contributed by atoms with Crippen molar-refractivity contribution in [1.29, 1.82) is 0 Å². The van der Waals surface area contributed by atoms with Gasteiger partial charge in [-0.15, -0.1) is 11.8 Å². The molecular formula is C22H24N4O4S2. The average Bonchev–Trinajstić information content (AvgIpc) is 3.23. The summed E-state index contributed by atoms with van der Waals surface area (Å²) in [6.45, 7) is 4.37. The van der Waals surface area contributed by atoms with Gasteiger partial charge in [0.05, 0.1) is 34.8 Å². The third-order valence-electron chi connectivity index (χ3n) is 5.36. The van der Waals surface area contributed by atoms with Crippen molar-refractivity contribution >= 4 is 50.0 Å². The maximum absolute atomic E-state index is 13.3. The molecule has 10 heteroatoms. The Balaban J connectivity index is 1.56. The molecule has 1 fully saturated rings. The topological polar surface area (TPSA) is 88.8 Å². The Morgan fingerprint density at radius 3 is 2.69 bits per heavy atom. The van der Waals surface area contributed by atoms with Crippen molar-refractivity contribution in [3.05, 3.63) is 58.1 Å². The highest BCUT2D eigenvalue weighted by Gasteiger charge is 2.22. The van der Waals surface area contributed by atoms with E-state index in [0.29, 0.717) is 24.9 Å². The Labute approximate surface area is 194 Å². The molecule has 168 valence electrons. The Kier molecular flexibility index (Phi) is 7.36. The summed E-state index contributed by atoms with van der Waals surface area (Å²) in [6, 6.07) is 12.3. The number of nitro benzene ring substituents is 1. The van der Waals surface area contributed by atoms with E-state index in [1.54, 1.807) is 28.8 Å². The van der Waals surface area contributed by atoms with Crippen molar-refractivity contribution in [1.82, 2.24) is 9.88 Å². The van der Waals surface area contributed by atoms with Gasteiger partial charge in [-0.05, 0) is 30.0 Å². The number of ether oxygens (including phenoxy) is 1. The van der Waals surface area contributed by atoms with Crippen LogP contribution in [-0.2, 0) is 16.0 Å². The number of morpholine rings is 1. The first kappa shape index (κ1) is 22.7. The Bertz CT molecular complexity index is 1100. The summed E-state index contributed by atoms with van der Waals surface area (Å²) in [4.78, 5) is 33.7. The van der Waals surface area contributed by atoms with E-state index in [2.05, 4.69) is 11.0 Å². The van der Waals surface area contributed by atoms with Gasteiger partial charge < -0.3 is 4.74 Å². The lowest BCUT2D eigenvalue weighted by Gasteiger charge is -2.29. The lowest BCUT2D eigenvalue weighted by atomic mass is 10.1. The smallest absolute Gasteiger partial charge is 0.269 e. The van der Waals surface area contributed by atoms with Gasteiger partial charge in [0, 0.05) is 43.2 Å². The van der Waals surface area contributed by atoms with E-state index in [9.17, 15) is 14.9 Å². The number of carbonyl (C=O) groups is 1. The van der Waals surface area contributed by atoms with Gasteiger partial charge in [-0.2, -0.15) is 0 Å². The Morgan fingerprint density at radius 1 is 1.25 bits per heavy atom. The molecule has 0 aliphatic carbocycles. The minimum absolute atomic E-state index is 0.0149. The van der Waals surface area contributed by atoms with Gasteiger partial charge in [0.15, 0.2) is 5.13 Å². The number of thioether (sulfide) groups is 1. The molecule has 2 heterocycles. The third-order valence-corrected chi connectivity index (χ3v) is 7.13. The first-order valence-corrected chi connectivity index (χ1v) is 12.4. The van der Waals surface area contributed by atoms with Gasteiger partial charge in [0.1, 0.15) is 0 Å². The number of hydrogen-bond acceptors (Lipinski definition) is 8. The summed E-state index contributed by atoms with van der Waals surface area (Å²) in [7, 11) is 0. The van der Waals surface area contributed by atoms with Crippen LogP contribution in [0.4, 0.5) is 10.8 Å². The number of hydrogen-bond donors (Lipinski definition) is 0. The SMILES string of the molecule is CSc1ccc2nc(N(CCN3CCOCC3)C(=O)Cc3ccc([N+](=O)[O-])cc3)sc2c1. The lowest BCUT2D eigenvalue weighted by molar-refractivity contribution is -0.384. The molecule has 1 aromatic heterocycles. The molecular weight excluding hydrogens is 448 g/mol. The van der Waals surface area contributed by atoms with Crippen LogP contribution in [-0.4, -0.2) is 66.4 Å². The minimum atomic E-state index is -0.440. The fraction of sp³-hybridized carbons (Fsp3) is 0.364. The molecule has 4 rings (SSSR count). The monoisotopic (exact) mass is 472 g/mol. The molecule has 3 aromatic rings. The molecule has 1 aliphatic rings. The predicted octanol–water partition coefficient (Wildman–Crippen LogP) is 3.83. The molecule has 1 amide bonds. The van der Waals surface area contributed by atoms with Crippen LogP contribution in [0.25, 0.3) is 10.2 Å². The zero-order chi connectivity index (χ0) is 22.5. The van der Waals surface area contributed by atoms with E-state index < -0.39 is 4.92 Å². The zero-order valence-corrected chi connectivity index (χ0v) is 19.4. The number of fused-ring (bicyclic) bond motifs is 1. The highest BCUT2D eigenvalue weighted by Crippen LogP contribution is 2.32. The van der Waals surface area contributed by atoms with Crippen molar-refractivity contribution in [3.63, 3.8) is 0 Å². The maximum Gasteiger partial charge on any atom is 0.269 e. The molecule has 0 spiro atoms. The third kappa shape index (κ3) is 5.44. The van der Waals surface area contributed by atoms with Gasteiger partial charge in [0.25, 0.3) is 5.69 Å². The van der Waals surface area contributed by atoms with Crippen molar-refractivity contribution in [2.75, 3.05) is 50.5 Å². The zero-order valence-electron chi connectivity index (χ0n) is 17.7. The Hall–Kier alpha value is -2.53. The summed E-state index contributed by atoms with van der Waals surface area (Å²) >= 11 is 3.19. The predicted molar refractivity (Wildman–Crippen MR) is 128 cm³/mol. The number of nitrogens with zero attached hydrogens (tertiary/aromatic N) is 4. The van der Waals surface area contributed by atoms with Crippen LogP contribution in [0.5, 0.6) is 0 Å². The number of benzene rings is 2. The highest BCUT2D eigenvalue weighted by atomic mass is 32.2. The van der Waals surface area contributed by atoms with Crippen molar-refractivity contribution in [2.24, 2.45) is 0 Å². The first-order valence-electron chi connectivity index (χ1n) is 10.3. The van der Waals surface area contributed by atoms with Crippen LogP contribution in [0.3, 0.4) is 0 Å². The van der Waals surface area contributed by atoms with E-state index in [1.807, 2.05) is 18.4 Å². The van der Waals surface area contributed by atoms with Crippen LogP contribution >= 0.6 is 23.1 Å². The van der Waals surface area contributed by atoms with E-state index in [-0.39, 0.29) is 18.0 Å². The van der Waals surface area contributed by atoms with E-state index in [0.717, 1.165) is 40.3 Å². The van der Waals surface area contributed by atoms with Crippen LogP contribution < -0.4 is 4.90 Å². The second-order valence-electron chi connectivity index (χ2n) is 7.43. The molecule has 0 saturated carbocycles. The van der Waals surface area contributed by atoms with Crippen molar-refractivity contribution < 1.29 is 14.5 Å². The van der Waals surface area contributed by atoms with Gasteiger partial charge >= 0.3 is 0 Å². The number of rotatable bonds is 8. The fourth-order valence-corrected chi connectivity index (χ4v) is 5.10. The number of non-ortho nitro benzene ring substituents is 1. The van der Waals surface area contributed by atoms with Crippen LogP contribution in [0, 0.1) is 10.1 Å². The quantitative estimate of drug-likeness (QED) is 0.280. The van der Waals surface area contributed by atoms with Crippen molar-refractivity contribution in [2.45, 2.75) is 11.3 Å². The summed E-state index contributed by atoms with van der Waals surface area (Å²) in [6.07, 6.45) is 2.19. The molecule has 0 N–H and O–H groups in total. The van der Waals surface area contributed by atoms with E-state index in [4.69, 9.17) is 9.72 Å². The standard InChI is InChI=1S/C22H24N4O4S2/c1-31-18-6-7-19-20(15-18)32-22(23-19)25(9-8-24-10-12-30-13-11-24)21(27)14-16-2-4-17(5-3-16)26(28)29/h2-7,15H,8-14H2,1H3. The molecule has 0 unspecified atom stereocenters. The van der Waals surface area contributed by atoms with Crippen LogP contribution in [0.1, 0.15) is 5.56 Å². The summed E-state index contributed by atoms with van der Waals surface area (Å²) in [5.74, 6) is -0.0729. The molecule has 1 aliphatic heterocycles. The molecule has 2 aromatic carbocycles. The van der Waals surface area contributed by atoms with E-state index >= 15 is 0 Å². The molecule has 0 radical (unpaired) electrons. The number of nitro groups is 1. The number of thiazole rings is 1. The summed E-state index contributed by atoms with van der Waals surface area (Å²) in [5.41, 5.74) is 1.63. The van der Waals surface area contributed by atoms with Gasteiger partial charge in [-0.3, -0.25) is 24.7 Å². The number of amides is 1. The maximum atomic E-state index is 13.3. The summed E-state index contributed by atoms with van der Waals surface area (Å²) < 4.78 is 6.47. The second kappa shape index (κ2) is 10.4. The van der Waals surface area contributed by atoms with Crippen LogP contribution in [0.2, 0.25) is 0 Å². The minimum Gasteiger partial charge on any atom is -0.379 e.